The lowest BCUT2D eigenvalue weighted by Crippen LogP contribution is -2.48. The fourth-order valence-corrected chi connectivity index (χ4v) is 3.16. The molecule has 0 bridgehead atoms. The van der Waals surface area contributed by atoms with Crippen molar-refractivity contribution >= 4 is 0 Å². The minimum atomic E-state index is 0.475. The third kappa shape index (κ3) is 2.29. The fourth-order valence-electron chi connectivity index (χ4n) is 3.16. The van der Waals surface area contributed by atoms with E-state index in [1.54, 1.807) is 0 Å². The monoisotopic (exact) mass is 196 g/mol. The molecule has 0 amide bonds. The van der Waals surface area contributed by atoms with Gasteiger partial charge in [-0.05, 0) is 45.6 Å². The van der Waals surface area contributed by atoms with E-state index < -0.39 is 0 Å². The van der Waals surface area contributed by atoms with Gasteiger partial charge in [-0.3, -0.25) is 4.90 Å². The highest BCUT2D eigenvalue weighted by molar-refractivity contribution is 4.86. The van der Waals surface area contributed by atoms with E-state index in [1.165, 1.54) is 51.5 Å². The molecule has 2 N–H and O–H groups in total. The minimum absolute atomic E-state index is 0.475. The van der Waals surface area contributed by atoms with Crippen LogP contribution in [0.2, 0.25) is 0 Å². The predicted octanol–water partition coefficient (Wildman–Crippen LogP) is 2.13. The predicted molar refractivity (Wildman–Crippen MR) is 60.3 cm³/mol. The van der Waals surface area contributed by atoms with Crippen LogP contribution in [0.15, 0.2) is 0 Å². The Balaban J connectivity index is 1.91. The van der Waals surface area contributed by atoms with E-state index in [4.69, 9.17) is 5.73 Å². The zero-order chi connectivity index (χ0) is 9.97. The van der Waals surface area contributed by atoms with E-state index in [0.717, 1.165) is 12.1 Å². The number of piperidine rings is 1. The van der Waals surface area contributed by atoms with Crippen molar-refractivity contribution in [3.8, 4) is 0 Å². The van der Waals surface area contributed by atoms with Crippen LogP contribution in [0.5, 0.6) is 0 Å². The molecule has 1 aliphatic heterocycles. The summed E-state index contributed by atoms with van der Waals surface area (Å²) >= 11 is 0. The minimum Gasteiger partial charge on any atom is -0.328 e. The molecule has 2 fully saturated rings. The van der Waals surface area contributed by atoms with Crippen LogP contribution in [-0.2, 0) is 0 Å². The Bertz CT molecular complexity index is 181. The van der Waals surface area contributed by atoms with Crippen molar-refractivity contribution in [1.82, 2.24) is 4.90 Å². The second-order valence-corrected chi connectivity index (χ2v) is 5.16. The van der Waals surface area contributed by atoms with Gasteiger partial charge in [-0.1, -0.05) is 12.8 Å². The smallest absolute Gasteiger partial charge is 0.0113 e. The van der Waals surface area contributed by atoms with Gasteiger partial charge in [0.05, 0.1) is 0 Å². The first-order chi connectivity index (χ1) is 6.77. The number of likely N-dealkylation sites (tertiary alicyclic amines) is 1. The molecule has 14 heavy (non-hydrogen) atoms. The van der Waals surface area contributed by atoms with Crippen LogP contribution in [0.1, 0.15) is 51.9 Å². The summed E-state index contributed by atoms with van der Waals surface area (Å²) in [6, 6.07) is 2.08. The number of rotatable bonds is 1. The normalized spacial score (nSPS) is 41.1. The van der Waals surface area contributed by atoms with Gasteiger partial charge >= 0.3 is 0 Å². The topological polar surface area (TPSA) is 29.3 Å². The first kappa shape index (κ1) is 10.4. The molecule has 1 saturated carbocycles. The van der Waals surface area contributed by atoms with E-state index in [-0.39, 0.29) is 0 Å². The highest BCUT2D eigenvalue weighted by atomic mass is 15.2. The van der Waals surface area contributed by atoms with Gasteiger partial charge in [-0.25, -0.2) is 0 Å². The molecule has 2 rings (SSSR count). The van der Waals surface area contributed by atoms with Gasteiger partial charge in [0.15, 0.2) is 0 Å². The molecule has 82 valence electrons. The zero-order valence-corrected chi connectivity index (χ0v) is 9.41. The first-order valence-electron chi connectivity index (χ1n) is 6.28. The van der Waals surface area contributed by atoms with Crippen LogP contribution in [0.3, 0.4) is 0 Å². The van der Waals surface area contributed by atoms with Crippen molar-refractivity contribution in [2.75, 3.05) is 6.54 Å². The summed E-state index contributed by atoms with van der Waals surface area (Å²) in [4.78, 5) is 2.72. The Hall–Kier alpha value is -0.0800. The summed E-state index contributed by atoms with van der Waals surface area (Å²) < 4.78 is 0. The number of hydrogen-bond acceptors (Lipinski definition) is 2. The van der Waals surface area contributed by atoms with Gasteiger partial charge in [0.1, 0.15) is 0 Å². The van der Waals surface area contributed by atoms with Crippen LogP contribution in [0.25, 0.3) is 0 Å². The van der Waals surface area contributed by atoms with Gasteiger partial charge in [-0.2, -0.15) is 0 Å². The molecule has 0 aromatic rings. The van der Waals surface area contributed by atoms with Crippen molar-refractivity contribution in [3.63, 3.8) is 0 Å². The van der Waals surface area contributed by atoms with E-state index in [0.29, 0.717) is 6.04 Å². The SMILES string of the molecule is CC1CCCCN1C1CCCC(N)C1. The quantitative estimate of drug-likeness (QED) is 0.696. The lowest BCUT2D eigenvalue weighted by atomic mass is 9.88. The maximum atomic E-state index is 6.05. The summed E-state index contributed by atoms with van der Waals surface area (Å²) in [7, 11) is 0. The molecule has 3 unspecified atom stereocenters. The largest absolute Gasteiger partial charge is 0.328 e. The average Bonchev–Trinajstić information content (AvgIpc) is 2.18. The number of hydrogen-bond donors (Lipinski definition) is 1. The Morgan fingerprint density at radius 1 is 1.07 bits per heavy atom. The van der Waals surface area contributed by atoms with Gasteiger partial charge < -0.3 is 5.73 Å². The van der Waals surface area contributed by atoms with Crippen LogP contribution < -0.4 is 5.73 Å². The van der Waals surface area contributed by atoms with E-state index in [1.807, 2.05) is 0 Å². The average molecular weight is 196 g/mol. The maximum absolute atomic E-state index is 6.05. The lowest BCUT2D eigenvalue weighted by Gasteiger charge is -2.42. The molecule has 1 saturated heterocycles. The van der Waals surface area contributed by atoms with E-state index in [9.17, 15) is 0 Å². The van der Waals surface area contributed by atoms with Gasteiger partial charge in [0.25, 0.3) is 0 Å². The zero-order valence-electron chi connectivity index (χ0n) is 9.41. The summed E-state index contributed by atoms with van der Waals surface area (Å²) in [6.07, 6.45) is 9.44. The fraction of sp³-hybridized carbons (Fsp3) is 1.00. The lowest BCUT2D eigenvalue weighted by molar-refractivity contribution is 0.0771. The molecule has 0 spiro atoms. The summed E-state index contributed by atoms with van der Waals surface area (Å²) in [5.74, 6) is 0. The molecule has 1 aliphatic carbocycles. The van der Waals surface area contributed by atoms with Crippen molar-refractivity contribution in [1.29, 1.82) is 0 Å². The third-order valence-electron chi connectivity index (χ3n) is 4.01. The highest BCUT2D eigenvalue weighted by Gasteiger charge is 2.29. The maximum Gasteiger partial charge on any atom is 0.0113 e. The molecule has 2 heteroatoms. The van der Waals surface area contributed by atoms with Crippen LogP contribution in [0.4, 0.5) is 0 Å². The summed E-state index contributed by atoms with van der Waals surface area (Å²) in [5, 5.41) is 0. The molecule has 3 atom stereocenters. The van der Waals surface area contributed by atoms with Gasteiger partial charge in [0.2, 0.25) is 0 Å². The van der Waals surface area contributed by atoms with Crippen LogP contribution in [0, 0.1) is 0 Å². The Morgan fingerprint density at radius 2 is 1.93 bits per heavy atom. The molecule has 0 radical (unpaired) electrons. The molecule has 2 nitrogen and oxygen atoms in total. The Morgan fingerprint density at radius 3 is 2.64 bits per heavy atom. The Labute approximate surface area is 87.8 Å². The Kier molecular flexibility index (Phi) is 3.45. The van der Waals surface area contributed by atoms with Gasteiger partial charge in [-0.15, -0.1) is 0 Å². The summed E-state index contributed by atoms with van der Waals surface area (Å²) in [6.45, 7) is 3.71. The molecule has 1 heterocycles. The number of nitrogens with two attached hydrogens (primary N) is 1. The molecule has 0 aromatic heterocycles. The highest BCUT2D eigenvalue weighted by Crippen LogP contribution is 2.27. The number of nitrogens with zero attached hydrogens (tertiary/aromatic N) is 1. The van der Waals surface area contributed by atoms with Crippen LogP contribution >= 0.6 is 0 Å². The van der Waals surface area contributed by atoms with Crippen molar-refractivity contribution in [2.24, 2.45) is 5.73 Å². The first-order valence-corrected chi connectivity index (χ1v) is 6.28. The second-order valence-electron chi connectivity index (χ2n) is 5.16. The van der Waals surface area contributed by atoms with E-state index >= 15 is 0 Å². The molecule has 2 aliphatic rings. The van der Waals surface area contributed by atoms with Crippen molar-refractivity contribution in [2.45, 2.75) is 70.0 Å². The molecule has 0 aromatic carbocycles. The molecular formula is C12H24N2. The van der Waals surface area contributed by atoms with Crippen molar-refractivity contribution < 1.29 is 0 Å². The van der Waals surface area contributed by atoms with Crippen molar-refractivity contribution in [3.05, 3.63) is 0 Å². The van der Waals surface area contributed by atoms with E-state index in [2.05, 4.69) is 11.8 Å². The standard InChI is InChI=1S/C12H24N2/c1-10-5-2-3-8-14(10)12-7-4-6-11(13)9-12/h10-12H,2-9,13H2,1H3. The third-order valence-corrected chi connectivity index (χ3v) is 4.01. The van der Waals surface area contributed by atoms with Crippen LogP contribution in [-0.4, -0.2) is 29.6 Å². The molecular weight excluding hydrogens is 172 g/mol. The second kappa shape index (κ2) is 4.63. The van der Waals surface area contributed by atoms with Gasteiger partial charge in [0, 0.05) is 18.1 Å². The summed E-state index contributed by atoms with van der Waals surface area (Å²) in [5.41, 5.74) is 6.05.